The molecular formula is C31H27F10NO3. The van der Waals surface area contributed by atoms with Gasteiger partial charge in [0.15, 0.2) is 0 Å². The molecule has 1 heterocycles. The van der Waals surface area contributed by atoms with E-state index < -0.39 is 71.4 Å². The monoisotopic (exact) mass is 651 g/mol. The predicted octanol–water partition coefficient (Wildman–Crippen LogP) is 10.2. The van der Waals surface area contributed by atoms with Gasteiger partial charge in [-0.05, 0) is 71.5 Å². The van der Waals surface area contributed by atoms with Crippen LogP contribution in [0.3, 0.4) is 0 Å². The molecule has 3 aromatic rings. The summed E-state index contributed by atoms with van der Waals surface area (Å²) in [5, 5.41) is 0. The van der Waals surface area contributed by atoms with E-state index in [1.807, 2.05) is 0 Å². The highest BCUT2D eigenvalue weighted by Crippen LogP contribution is 2.43. The topological polar surface area (TPSA) is 38.8 Å². The summed E-state index contributed by atoms with van der Waals surface area (Å²) in [6.07, 6.45) is -18.0. The number of amides is 1. The number of benzene rings is 3. The highest BCUT2D eigenvalue weighted by Gasteiger charge is 2.40. The van der Waals surface area contributed by atoms with E-state index >= 15 is 0 Å². The molecule has 2 unspecified atom stereocenters. The fourth-order valence-electron chi connectivity index (χ4n) is 5.18. The summed E-state index contributed by atoms with van der Waals surface area (Å²) in [4.78, 5) is 14.2. The van der Waals surface area contributed by atoms with E-state index in [9.17, 15) is 48.7 Å². The smallest absolute Gasteiger partial charge is 0.416 e. The molecule has 0 N–H and O–H groups in total. The second-order valence-electron chi connectivity index (χ2n) is 11.0. The molecule has 1 fully saturated rings. The maximum atomic E-state index is 14.7. The Bertz CT molecular complexity index is 1550. The van der Waals surface area contributed by atoms with Crippen molar-refractivity contribution in [2.45, 2.75) is 70.3 Å². The molecule has 1 aliphatic rings. The number of hydrogen-bond donors (Lipinski definition) is 0. The molecule has 1 saturated heterocycles. The number of hydrogen-bond acceptors (Lipinski definition) is 3. The minimum Gasteiger partial charge on any atom is -0.496 e. The third-order valence-corrected chi connectivity index (χ3v) is 7.55. The molecule has 1 aliphatic heterocycles. The number of halogens is 10. The van der Waals surface area contributed by atoms with Gasteiger partial charge >= 0.3 is 24.6 Å². The Hall–Kier alpha value is -3.97. The van der Waals surface area contributed by atoms with Crippen molar-refractivity contribution in [3.05, 3.63) is 87.7 Å². The zero-order valence-electron chi connectivity index (χ0n) is 24.2. The first-order valence-corrected chi connectivity index (χ1v) is 13.5. The average molecular weight is 652 g/mol. The number of ether oxygens (including phenoxy) is 2. The third-order valence-electron chi connectivity index (χ3n) is 7.55. The van der Waals surface area contributed by atoms with Gasteiger partial charge in [0.05, 0.1) is 23.8 Å². The maximum absolute atomic E-state index is 14.7. The minimum atomic E-state index is -5.12. The van der Waals surface area contributed by atoms with Crippen LogP contribution in [0.1, 0.15) is 72.6 Å². The van der Waals surface area contributed by atoms with Gasteiger partial charge in [-0.2, -0.15) is 39.5 Å². The average Bonchev–Trinajstić information content (AvgIpc) is 2.92. The van der Waals surface area contributed by atoms with Crippen molar-refractivity contribution >= 4 is 6.09 Å². The molecule has 244 valence electrons. The highest BCUT2D eigenvalue weighted by atomic mass is 19.4. The van der Waals surface area contributed by atoms with Gasteiger partial charge in [-0.3, -0.25) is 0 Å². The Morgan fingerprint density at radius 2 is 1.42 bits per heavy atom. The second-order valence-corrected chi connectivity index (χ2v) is 11.0. The predicted molar refractivity (Wildman–Crippen MR) is 143 cm³/mol. The van der Waals surface area contributed by atoms with Crippen molar-refractivity contribution in [3.8, 4) is 16.9 Å². The lowest BCUT2D eigenvalue weighted by Crippen LogP contribution is -2.44. The fourth-order valence-corrected chi connectivity index (χ4v) is 5.18. The maximum Gasteiger partial charge on any atom is 0.416 e. The van der Waals surface area contributed by atoms with Crippen LogP contribution in [-0.2, 0) is 29.8 Å². The van der Waals surface area contributed by atoms with Gasteiger partial charge in [-0.25, -0.2) is 9.18 Å². The summed E-state index contributed by atoms with van der Waals surface area (Å²) in [6.45, 7) is 4.38. The fraction of sp³-hybridized carbons (Fsp3) is 0.387. The molecule has 0 bridgehead atoms. The first kappa shape index (κ1) is 33.9. The van der Waals surface area contributed by atoms with Crippen molar-refractivity contribution in [2.75, 3.05) is 7.11 Å². The minimum absolute atomic E-state index is 0.0113. The molecule has 45 heavy (non-hydrogen) atoms. The van der Waals surface area contributed by atoms with Gasteiger partial charge in [0.1, 0.15) is 17.7 Å². The Kier molecular flexibility index (Phi) is 9.11. The highest BCUT2D eigenvalue weighted by molar-refractivity contribution is 5.76. The Labute approximate surface area is 251 Å². The Morgan fingerprint density at radius 3 is 1.91 bits per heavy atom. The van der Waals surface area contributed by atoms with Gasteiger partial charge in [0.2, 0.25) is 0 Å². The molecule has 4 rings (SSSR count). The van der Waals surface area contributed by atoms with Gasteiger partial charge in [0.25, 0.3) is 0 Å². The van der Waals surface area contributed by atoms with E-state index in [1.54, 1.807) is 13.8 Å². The van der Waals surface area contributed by atoms with Crippen LogP contribution in [0, 0.1) is 5.82 Å². The number of carbonyl (C=O) groups excluding carboxylic acids is 1. The Balaban J connectivity index is 1.74. The number of rotatable bonds is 6. The van der Waals surface area contributed by atoms with Gasteiger partial charge in [-0.1, -0.05) is 19.9 Å². The Morgan fingerprint density at radius 1 is 0.844 bits per heavy atom. The second kappa shape index (κ2) is 12.1. The summed E-state index contributed by atoms with van der Waals surface area (Å²) >= 11 is 0. The lowest BCUT2D eigenvalue weighted by atomic mass is 9.91. The van der Waals surface area contributed by atoms with Crippen LogP contribution in [0.25, 0.3) is 11.1 Å². The number of methoxy groups -OCH3 is 1. The van der Waals surface area contributed by atoms with E-state index in [-0.39, 0.29) is 46.4 Å². The van der Waals surface area contributed by atoms with E-state index in [0.717, 1.165) is 29.2 Å². The SMILES string of the molecule is COc1cc(F)c(C(C)C)cc1-c1ccc(C(F)(F)F)cc1CN1C(=O)OC(c2cc(C(F)(F)F)cc(C(F)(F)F)c2)CC1C. The van der Waals surface area contributed by atoms with Crippen molar-refractivity contribution in [1.82, 2.24) is 4.90 Å². The van der Waals surface area contributed by atoms with Crippen LogP contribution in [-0.4, -0.2) is 24.1 Å². The quantitative estimate of drug-likeness (QED) is 0.249. The van der Waals surface area contributed by atoms with Gasteiger partial charge in [0, 0.05) is 30.6 Å². The molecule has 3 aromatic carbocycles. The molecule has 0 saturated carbocycles. The molecule has 0 aliphatic carbocycles. The summed E-state index contributed by atoms with van der Waals surface area (Å²) in [6, 6.07) is 5.29. The van der Waals surface area contributed by atoms with E-state index in [1.165, 1.54) is 20.1 Å². The number of carbonyl (C=O) groups is 1. The normalized spacial score (nSPS) is 17.9. The van der Waals surface area contributed by atoms with Crippen LogP contribution in [0.5, 0.6) is 5.75 Å². The summed E-state index contributed by atoms with van der Waals surface area (Å²) in [5.74, 6) is -0.894. The first-order valence-electron chi connectivity index (χ1n) is 13.5. The van der Waals surface area contributed by atoms with Crippen LogP contribution in [0.4, 0.5) is 48.7 Å². The molecule has 14 heteroatoms. The largest absolute Gasteiger partial charge is 0.496 e. The summed E-state index contributed by atoms with van der Waals surface area (Å²) in [5.41, 5.74) is -4.11. The molecule has 4 nitrogen and oxygen atoms in total. The van der Waals surface area contributed by atoms with E-state index in [4.69, 9.17) is 9.47 Å². The van der Waals surface area contributed by atoms with Crippen molar-refractivity contribution < 1.29 is 58.2 Å². The molecule has 0 aromatic heterocycles. The molecule has 2 atom stereocenters. The van der Waals surface area contributed by atoms with Crippen LogP contribution in [0.15, 0.2) is 48.5 Å². The first-order chi connectivity index (χ1) is 20.7. The van der Waals surface area contributed by atoms with E-state index in [2.05, 4.69) is 0 Å². The zero-order chi connectivity index (χ0) is 33.6. The standard InChI is InChI=1S/C31H27F10NO3/c1-15(2)23-12-24(27(44-4)13-25(23)32)22-6-5-19(29(33,34)35)10-18(22)14-42-16(3)7-26(45-28(42)43)17-8-20(30(36,37)38)11-21(9-17)31(39,40)41/h5-6,8-13,15-16,26H,7,14H2,1-4H3. The summed E-state index contributed by atoms with van der Waals surface area (Å²) in [7, 11) is 1.25. The molecular weight excluding hydrogens is 624 g/mol. The van der Waals surface area contributed by atoms with Crippen LogP contribution >= 0.6 is 0 Å². The van der Waals surface area contributed by atoms with Crippen molar-refractivity contribution in [3.63, 3.8) is 0 Å². The van der Waals surface area contributed by atoms with Crippen LogP contribution < -0.4 is 4.74 Å². The molecule has 0 spiro atoms. The lowest BCUT2D eigenvalue weighted by Gasteiger charge is -2.38. The number of alkyl halides is 9. The summed E-state index contributed by atoms with van der Waals surface area (Å²) < 4.78 is 147. The van der Waals surface area contributed by atoms with E-state index in [0.29, 0.717) is 12.1 Å². The van der Waals surface area contributed by atoms with Gasteiger partial charge in [-0.15, -0.1) is 0 Å². The third kappa shape index (κ3) is 7.30. The number of cyclic esters (lactones) is 1. The van der Waals surface area contributed by atoms with Crippen LogP contribution in [0.2, 0.25) is 0 Å². The number of nitrogens with zero attached hydrogens (tertiary/aromatic N) is 1. The van der Waals surface area contributed by atoms with Crippen molar-refractivity contribution in [2.24, 2.45) is 0 Å². The molecule has 0 radical (unpaired) electrons. The zero-order valence-corrected chi connectivity index (χ0v) is 24.2. The van der Waals surface area contributed by atoms with Gasteiger partial charge < -0.3 is 14.4 Å². The lowest BCUT2D eigenvalue weighted by molar-refractivity contribution is -0.143. The van der Waals surface area contributed by atoms with Crippen molar-refractivity contribution in [1.29, 1.82) is 0 Å². The molecule has 1 amide bonds.